The van der Waals surface area contributed by atoms with Gasteiger partial charge in [-0.1, -0.05) is 112 Å². The zero-order valence-electron chi connectivity index (χ0n) is 22.8. The summed E-state index contributed by atoms with van der Waals surface area (Å²) in [6.07, 6.45) is 25.1. The van der Waals surface area contributed by atoms with E-state index in [4.69, 9.17) is 0 Å². The van der Waals surface area contributed by atoms with Gasteiger partial charge >= 0.3 is 0 Å². The molecule has 2 saturated carbocycles. The van der Waals surface area contributed by atoms with Gasteiger partial charge in [-0.15, -0.1) is 0 Å². The molecule has 0 aromatic carbocycles. The van der Waals surface area contributed by atoms with Crippen LogP contribution in [-0.4, -0.2) is 24.0 Å². The van der Waals surface area contributed by atoms with Gasteiger partial charge in [0.1, 0.15) is 0 Å². The van der Waals surface area contributed by atoms with Gasteiger partial charge in [-0.3, -0.25) is 4.90 Å². The summed E-state index contributed by atoms with van der Waals surface area (Å²) in [5.41, 5.74) is 0.551. The van der Waals surface area contributed by atoms with Gasteiger partial charge in [0.2, 0.25) is 0 Å². The van der Waals surface area contributed by atoms with Crippen LogP contribution in [0, 0.1) is 35.0 Å². The van der Waals surface area contributed by atoms with Crippen molar-refractivity contribution in [3.8, 4) is 0 Å². The van der Waals surface area contributed by atoms with Gasteiger partial charge in [0.15, 0.2) is 0 Å². The standard InChI is InChI=1S/C31H59N/c1-6-9-14-27(22-31(5,8-3)25(4)13-7-2)17-11-18-28(21-26-15-10-16-26)23-32-24-30(32)29-19-12-20-29/h25-30H,6-24H2,1-5H3. The van der Waals surface area contributed by atoms with Crippen LogP contribution in [-0.2, 0) is 0 Å². The Balaban J connectivity index is 1.48. The molecule has 0 amide bonds. The van der Waals surface area contributed by atoms with Crippen molar-refractivity contribution >= 4 is 0 Å². The SMILES string of the molecule is CCCCC(CCCC(CC1CCC1)CN1CC1C1CCC1)CC(C)(CC)C(C)CCC. The van der Waals surface area contributed by atoms with E-state index in [9.17, 15) is 0 Å². The fourth-order valence-electron chi connectivity index (χ4n) is 7.16. The summed E-state index contributed by atoms with van der Waals surface area (Å²) in [5.74, 6) is 4.99. The number of hydrogen-bond donors (Lipinski definition) is 0. The van der Waals surface area contributed by atoms with Crippen LogP contribution in [0.25, 0.3) is 0 Å². The highest BCUT2D eigenvalue weighted by atomic mass is 15.3. The lowest BCUT2D eigenvalue weighted by Gasteiger charge is -2.38. The lowest BCUT2D eigenvalue weighted by Crippen LogP contribution is -2.28. The van der Waals surface area contributed by atoms with Crippen LogP contribution in [0.2, 0.25) is 0 Å². The molecular weight excluding hydrogens is 386 g/mol. The highest BCUT2D eigenvalue weighted by molar-refractivity contribution is 4.98. The van der Waals surface area contributed by atoms with Gasteiger partial charge in [0.05, 0.1) is 0 Å². The van der Waals surface area contributed by atoms with Crippen molar-refractivity contribution in [2.75, 3.05) is 13.1 Å². The maximum Gasteiger partial charge on any atom is 0.0252 e. The highest BCUT2D eigenvalue weighted by Gasteiger charge is 2.43. The van der Waals surface area contributed by atoms with E-state index in [-0.39, 0.29) is 0 Å². The molecule has 0 bridgehead atoms. The second-order valence-corrected chi connectivity index (χ2v) is 13.0. The van der Waals surface area contributed by atoms with Crippen molar-refractivity contribution in [3.05, 3.63) is 0 Å². The molecule has 0 aromatic rings. The third-order valence-corrected chi connectivity index (χ3v) is 10.5. The lowest BCUT2D eigenvalue weighted by molar-refractivity contribution is 0.123. The maximum atomic E-state index is 2.88. The first-order valence-electron chi connectivity index (χ1n) is 15.2. The van der Waals surface area contributed by atoms with Gasteiger partial charge in [0.25, 0.3) is 0 Å². The fraction of sp³-hybridized carbons (Fsp3) is 1.00. The van der Waals surface area contributed by atoms with Crippen LogP contribution in [0.4, 0.5) is 0 Å². The molecule has 6 unspecified atom stereocenters. The normalized spacial score (nSPS) is 28.4. The molecule has 3 aliphatic rings. The van der Waals surface area contributed by atoms with E-state index >= 15 is 0 Å². The number of hydrogen-bond acceptors (Lipinski definition) is 1. The Hall–Kier alpha value is -0.0400. The van der Waals surface area contributed by atoms with Gasteiger partial charge < -0.3 is 0 Å². The lowest BCUT2D eigenvalue weighted by atomic mass is 9.67. The Morgan fingerprint density at radius 3 is 2.09 bits per heavy atom. The van der Waals surface area contributed by atoms with Crippen molar-refractivity contribution in [2.24, 2.45) is 35.0 Å². The topological polar surface area (TPSA) is 3.01 Å². The third kappa shape index (κ3) is 7.74. The molecule has 1 heteroatoms. The fourth-order valence-corrected chi connectivity index (χ4v) is 7.16. The van der Waals surface area contributed by atoms with E-state index in [0.29, 0.717) is 5.41 Å². The van der Waals surface area contributed by atoms with Crippen LogP contribution in [0.5, 0.6) is 0 Å². The summed E-state index contributed by atoms with van der Waals surface area (Å²) in [4.78, 5) is 2.88. The average molecular weight is 446 g/mol. The van der Waals surface area contributed by atoms with Gasteiger partial charge in [0, 0.05) is 19.1 Å². The maximum absolute atomic E-state index is 2.88. The zero-order valence-corrected chi connectivity index (χ0v) is 22.8. The molecule has 0 radical (unpaired) electrons. The molecule has 3 fully saturated rings. The molecular formula is C31H59N. The predicted octanol–water partition coefficient (Wildman–Crippen LogP) is 9.50. The van der Waals surface area contributed by atoms with Crippen LogP contribution < -0.4 is 0 Å². The Morgan fingerprint density at radius 2 is 1.53 bits per heavy atom. The molecule has 6 atom stereocenters. The minimum Gasteiger partial charge on any atom is -0.297 e. The second-order valence-electron chi connectivity index (χ2n) is 13.0. The molecule has 188 valence electrons. The summed E-state index contributed by atoms with van der Waals surface area (Å²) < 4.78 is 0. The molecule has 32 heavy (non-hydrogen) atoms. The first kappa shape index (κ1) is 26.6. The Kier molecular flexibility index (Phi) is 10.9. The van der Waals surface area contributed by atoms with E-state index in [0.717, 1.165) is 35.6 Å². The number of nitrogens with zero attached hydrogens (tertiary/aromatic N) is 1. The summed E-state index contributed by atoms with van der Waals surface area (Å²) in [6, 6.07) is 0.996. The third-order valence-electron chi connectivity index (χ3n) is 10.5. The quantitative estimate of drug-likeness (QED) is 0.190. The van der Waals surface area contributed by atoms with Gasteiger partial charge in [-0.05, 0) is 67.1 Å². The predicted molar refractivity (Wildman–Crippen MR) is 142 cm³/mol. The Morgan fingerprint density at radius 1 is 0.844 bits per heavy atom. The Bertz CT molecular complexity index is 507. The van der Waals surface area contributed by atoms with E-state index in [1.54, 1.807) is 6.42 Å². The highest BCUT2D eigenvalue weighted by Crippen LogP contribution is 2.44. The second kappa shape index (κ2) is 13.2. The van der Waals surface area contributed by atoms with E-state index in [1.165, 1.54) is 116 Å². The summed E-state index contributed by atoms with van der Waals surface area (Å²) in [7, 11) is 0. The van der Waals surface area contributed by atoms with Crippen molar-refractivity contribution < 1.29 is 0 Å². The summed E-state index contributed by atoms with van der Waals surface area (Å²) in [5, 5.41) is 0. The Labute approximate surface area is 202 Å². The molecule has 0 aromatic heterocycles. The van der Waals surface area contributed by atoms with Crippen LogP contribution in [0.15, 0.2) is 0 Å². The van der Waals surface area contributed by atoms with Gasteiger partial charge in [-0.25, -0.2) is 0 Å². The number of unbranched alkanes of at least 4 members (excludes halogenated alkanes) is 1. The largest absolute Gasteiger partial charge is 0.297 e. The number of rotatable bonds is 18. The average Bonchev–Trinajstić information content (AvgIpc) is 3.45. The van der Waals surface area contributed by atoms with Crippen LogP contribution in [0.1, 0.15) is 144 Å². The molecule has 1 aliphatic heterocycles. The molecule has 1 heterocycles. The minimum atomic E-state index is 0.551. The van der Waals surface area contributed by atoms with Crippen molar-refractivity contribution in [3.63, 3.8) is 0 Å². The van der Waals surface area contributed by atoms with Gasteiger partial charge in [-0.2, -0.15) is 0 Å². The molecule has 3 rings (SSSR count). The smallest absolute Gasteiger partial charge is 0.0252 e. The summed E-state index contributed by atoms with van der Waals surface area (Å²) >= 11 is 0. The molecule has 0 spiro atoms. The monoisotopic (exact) mass is 445 g/mol. The minimum absolute atomic E-state index is 0.551. The van der Waals surface area contributed by atoms with Crippen molar-refractivity contribution in [1.82, 2.24) is 4.90 Å². The molecule has 1 nitrogen and oxygen atoms in total. The van der Waals surface area contributed by atoms with E-state index < -0.39 is 0 Å². The first-order chi connectivity index (χ1) is 15.5. The summed E-state index contributed by atoms with van der Waals surface area (Å²) in [6.45, 7) is 15.3. The molecule has 1 saturated heterocycles. The van der Waals surface area contributed by atoms with Crippen molar-refractivity contribution in [1.29, 1.82) is 0 Å². The van der Waals surface area contributed by atoms with Crippen LogP contribution in [0.3, 0.4) is 0 Å². The van der Waals surface area contributed by atoms with E-state index in [2.05, 4.69) is 39.5 Å². The molecule has 2 aliphatic carbocycles. The van der Waals surface area contributed by atoms with Crippen molar-refractivity contribution in [2.45, 2.75) is 150 Å². The first-order valence-corrected chi connectivity index (χ1v) is 15.2. The van der Waals surface area contributed by atoms with Crippen LogP contribution >= 0.6 is 0 Å². The molecule has 0 N–H and O–H groups in total. The zero-order chi connectivity index (χ0) is 23.0. The van der Waals surface area contributed by atoms with E-state index in [1.807, 2.05) is 0 Å².